The fourth-order valence-electron chi connectivity index (χ4n) is 2.28. The van der Waals surface area contributed by atoms with E-state index < -0.39 is 0 Å². The maximum Gasteiger partial charge on any atom is 0.230 e. The summed E-state index contributed by atoms with van der Waals surface area (Å²) < 4.78 is 5.35. The number of hydrogen-bond acceptors (Lipinski definition) is 4. The number of thioether (sulfide) groups is 1. The Kier molecular flexibility index (Phi) is 5.61. The summed E-state index contributed by atoms with van der Waals surface area (Å²) in [5.74, 6) is 0.769. The van der Waals surface area contributed by atoms with Gasteiger partial charge in [0, 0.05) is 11.9 Å². The van der Waals surface area contributed by atoms with E-state index in [1.165, 1.54) is 12.8 Å². The van der Waals surface area contributed by atoms with Gasteiger partial charge in [0.25, 0.3) is 0 Å². The van der Waals surface area contributed by atoms with E-state index in [1.807, 2.05) is 0 Å². The Balaban J connectivity index is 1.59. The van der Waals surface area contributed by atoms with E-state index >= 15 is 0 Å². The second kappa shape index (κ2) is 7.24. The smallest absolute Gasteiger partial charge is 0.230 e. The van der Waals surface area contributed by atoms with Crippen molar-refractivity contribution in [3.05, 3.63) is 0 Å². The third kappa shape index (κ3) is 4.85. The van der Waals surface area contributed by atoms with Gasteiger partial charge in [-0.1, -0.05) is 0 Å². The Morgan fingerprint density at radius 3 is 2.88 bits per heavy atom. The number of hydrogen-bond donors (Lipinski definition) is 2. The molecule has 1 unspecified atom stereocenters. The molecule has 1 amide bonds. The first kappa shape index (κ1) is 13.2. The Labute approximate surface area is 107 Å². The lowest BCUT2D eigenvalue weighted by molar-refractivity contribution is -0.120. The molecular weight excluding hydrogens is 236 g/mol. The van der Waals surface area contributed by atoms with Crippen LogP contribution >= 0.6 is 11.8 Å². The third-order valence-electron chi connectivity index (χ3n) is 3.26. The van der Waals surface area contributed by atoms with Crippen LogP contribution in [0.25, 0.3) is 0 Å². The normalized spacial score (nSPS) is 26.7. The summed E-state index contributed by atoms with van der Waals surface area (Å²) in [5.41, 5.74) is 0. The van der Waals surface area contributed by atoms with Crippen LogP contribution in [0.1, 0.15) is 25.7 Å². The maximum absolute atomic E-state index is 11.8. The number of carbonyl (C=O) groups excluding carboxylic acids is 1. The van der Waals surface area contributed by atoms with E-state index in [0.29, 0.717) is 17.6 Å². The topological polar surface area (TPSA) is 50.4 Å². The SMILES string of the molecule is O=C(CSC1CCNCC1)NC1CCCOC1. The molecule has 0 saturated carbocycles. The van der Waals surface area contributed by atoms with E-state index in [-0.39, 0.29) is 11.9 Å². The van der Waals surface area contributed by atoms with Gasteiger partial charge >= 0.3 is 0 Å². The summed E-state index contributed by atoms with van der Waals surface area (Å²) in [6.07, 6.45) is 4.49. The van der Waals surface area contributed by atoms with Crippen LogP contribution in [0.3, 0.4) is 0 Å². The highest BCUT2D eigenvalue weighted by atomic mass is 32.2. The highest BCUT2D eigenvalue weighted by Gasteiger charge is 2.18. The van der Waals surface area contributed by atoms with Crippen LogP contribution in [-0.2, 0) is 9.53 Å². The van der Waals surface area contributed by atoms with Crippen LogP contribution in [0.5, 0.6) is 0 Å². The molecule has 0 spiro atoms. The fraction of sp³-hybridized carbons (Fsp3) is 0.917. The van der Waals surface area contributed by atoms with Gasteiger partial charge in [0.2, 0.25) is 5.91 Å². The molecule has 0 aromatic rings. The quantitative estimate of drug-likeness (QED) is 0.782. The van der Waals surface area contributed by atoms with E-state index in [0.717, 1.165) is 32.5 Å². The van der Waals surface area contributed by atoms with Crippen molar-refractivity contribution < 1.29 is 9.53 Å². The lowest BCUT2D eigenvalue weighted by atomic mass is 10.1. The molecule has 1 atom stereocenters. The first-order chi connectivity index (χ1) is 8.34. The van der Waals surface area contributed by atoms with Gasteiger partial charge < -0.3 is 15.4 Å². The monoisotopic (exact) mass is 258 g/mol. The number of nitrogens with one attached hydrogen (secondary N) is 2. The predicted octanol–water partition coefficient (Wildman–Crippen LogP) is 0.767. The summed E-state index contributed by atoms with van der Waals surface area (Å²) in [4.78, 5) is 11.8. The van der Waals surface area contributed by atoms with Crippen molar-refractivity contribution in [2.75, 3.05) is 32.1 Å². The zero-order chi connectivity index (χ0) is 11.9. The van der Waals surface area contributed by atoms with Gasteiger partial charge in [-0.25, -0.2) is 0 Å². The molecule has 2 saturated heterocycles. The van der Waals surface area contributed by atoms with Crippen LogP contribution in [0.4, 0.5) is 0 Å². The number of amides is 1. The largest absolute Gasteiger partial charge is 0.379 e. The van der Waals surface area contributed by atoms with Crippen molar-refractivity contribution in [3.8, 4) is 0 Å². The zero-order valence-electron chi connectivity index (χ0n) is 10.2. The summed E-state index contributed by atoms with van der Waals surface area (Å²) in [7, 11) is 0. The summed E-state index contributed by atoms with van der Waals surface area (Å²) >= 11 is 1.80. The average Bonchev–Trinajstić information content (AvgIpc) is 2.39. The standard InChI is InChI=1S/C12H22N2O2S/c15-12(14-10-2-1-7-16-8-10)9-17-11-3-5-13-6-4-11/h10-11,13H,1-9H2,(H,14,15). The minimum Gasteiger partial charge on any atom is -0.379 e. The molecule has 2 heterocycles. The van der Waals surface area contributed by atoms with Gasteiger partial charge in [0.1, 0.15) is 0 Å². The molecule has 17 heavy (non-hydrogen) atoms. The number of rotatable bonds is 4. The van der Waals surface area contributed by atoms with Crippen molar-refractivity contribution in [1.82, 2.24) is 10.6 Å². The Morgan fingerprint density at radius 2 is 2.18 bits per heavy atom. The Hall–Kier alpha value is -0.260. The first-order valence-corrected chi connectivity index (χ1v) is 7.59. The number of ether oxygens (including phenoxy) is 1. The van der Waals surface area contributed by atoms with Crippen molar-refractivity contribution in [3.63, 3.8) is 0 Å². The predicted molar refractivity (Wildman–Crippen MR) is 70.3 cm³/mol. The average molecular weight is 258 g/mol. The first-order valence-electron chi connectivity index (χ1n) is 6.54. The second-order valence-corrected chi connectivity index (χ2v) is 6.03. The molecule has 98 valence electrons. The van der Waals surface area contributed by atoms with Crippen molar-refractivity contribution in [2.45, 2.75) is 37.0 Å². The second-order valence-electron chi connectivity index (χ2n) is 4.74. The summed E-state index contributed by atoms with van der Waals surface area (Å²) in [5, 5.41) is 7.05. The third-order valence-corrected chi connectivity index (χ3v) is 4.63. The van der Waals surface area contributed by atoms with Crippen LogP contribution < -0.4 is 10.6 Å². The zero-order valence-corrected chi connectivity index (χ0v) is 11.1. The highest BCUT2D eigenvalue weighted by Crippen LogP contribution is 2.19. The molecule has 0 radical (unpaired) electrons. The molecule has 2 N–H and O–H groups in total. The Bertz CT molecular complexity index is 239. The lowest BCUT2D eigenvalue weighted by Crippen LogP contribution is -2.41. The van der Waals surface area contributed by atoms with Gasteiger partial charge in [0.15, 0.2) is 0 Å². The van der Waals surface area contributed by atoms with Gasteiger partial charge in [-0.15, -0.1) is 11.8 Å². The molecule has 4 nitrogen and oxygen atoms in total. The molecule has 2 aliphatic rings. The molecular formula is C12H22N2O2S. The van der Waals surface area contributed by atoms with E-state index in [4.69, 9.17) is 4.74 Å². The van der Waals surface area contributed by atoms with E-state index in [1.54, 1.807) is 11.8 Å². The van der Waals surface area contributed by atoms with Gasteiger partial charge in [0.05, 0.1) is 18.4 Å². The molecule has 2 rings (SSSR count). The minimum absolute atomic E-state index is 0.170. The molecule has 0 bridgehead atoms. The molecule has 2 aliphatic heterocycles. The van der Waals surface area contributed by atoms with Gasteiger partial charge in [-0.3, -0.25) is 4.79 Å². The molecule has 0 aromatic heterocycles. The molecule has 0 aliphatic carbocycles. The minimum atomic E-state index is 0.170. The van der Waals surface area contributed by atoms with E-state index in [9.17, 15) is 4.79 Å². The van der Waals surface area contributed by atoms with Crippen LogP contribution in [-0.4, -0.2) is 49.3 Å². The van der Waals surface area contributed by atoms with Crippen molar-refractivity contribution >= 4 is 17.7 Å². The molecule has 2 fully saturated rings. The molecule has 5 heteroatoms. The number of piperidine rings is 1. The van der Waals surface area contributed by atoms with Crippen LogP contribution in [0, 0.1) is 0 Å². The van der Waals surface area contributed by atoms with Gasteiger partial charge in [-0.05, 0) is 38.8 Å². The van der Waals surface area contributed by atoms with Crippen molar-refractivity contribution in [1.29, 1.82) is 0 Å². The van der Waals surface area contributed by atoms with Crippen LogP contribution in [0.15, 0.2) is 0 Å². The molecule has 0 aromatic carbocycles. The van der Waals surface area contributed by atoms with E-state index in [2.05, 4.69) is 10.6 Å². The lowest BCUT2D eigenvalue weighted by Gasteiger charge is -2.24. The van der Waals surface area contributed by atoms with Crippen LogP contribution in [0.2, 0.25) is 0 Å². The van der Waals surface area contributed by atoms with Gasteiger partial charge in [-0.2, -0.15) is 0 Å². The maximum atomic E-state index is 11.8. The number of carbonyl (C=O) groups is 1. The summed E-state index contributed by atoms with van der Waals surface area (Å²) in [6.45, 7) is 3.71. The Morgan fingerprint density at radius 1 is 1.35 bits per heavy atom. The summed E-state index contributed by atoms with van der Waals surface area (Å²) in [6, 6.07) is 0.241. The van der Waals surface area contributed by atoms with Crippen molar-refractivity contribution in [2.24, 2.45) is 0 Å². The highest BCUT2D eigenvalue weighted by molar-refractivity contribution is 8.00. The fourth-order valence-corrected chi connectivity index (χ4v) is 3.32.